The van der Waals surface area contributed by atoms with Crippen LogP contribution in [0.15, 0.2) is 30.3 Å². The van der Waals surface area contributed by atoms with E-state index in [9.17, 15) is 13.2 Å². The second-order valence-electron chi connectivity index (χ2n) is 5.05. The van der Waals surface area contributed by atoms with Crippen molar-refractivity contribution in [2.75, 3.05) is 12.8 Å². The smallest absolute Gasteiger partial charge is 0.308 e. The van der Waals surface area contributed by atoms with Gasteiger partial charge >= 0.3 is 6.18 Å². The minimum atomic E-state index is -4.15. The molecule has 1 aromatic carbocycles. The molecule has 0 spiro atoms. The number of rotatable bonds is 6. The number of alkyl halides is 3. The SMILES string of the molecule is CSC1(CNC(CC(F)(F)F)c2ccccc2)CC1. The van der Waals surface area contributed by atoms with Gasteiger partial charge in [-0.2, -0.15) is 24.9 Å². The Hall–Kier alpha value is -0.680. The molecular weight excluding hydrogens is 271 g/mol. The van der Waals surface area contributed by atoms with E-state index in [1.165, 1.54) is 0 Å². The van der Waals surface area contributed by atoms with Crippen LogP contribution in [0.2, 0.25) is 0 Å². The summed E-state index contributed by atoms with van der Waals surface area (Å²) in [5, 5.41) is 3.11. The lowest BCUT2D eigenvalue weighted by atomic mass is 10.0. The van der Waals surface area contributed by atoms with Crippen LogP contribution in [0.3, 0.4) is 0 Å². The zero-order valence-corrected chi connectivity index (χ0v) is 11.7. The summed E-state index contributed by atoms with van der Waals surface area (Å²) in [7, 11) is 0. The van der Waals surface area contributed by atoms with Gasteiger partial charge in [-0.05, 0) is 24.7 Å². The first-order chi connectivity index (χ1) is 8.94. The molecule has 1 N–H and O–H groups in total. The number of hydrogen-bond donors (Lipinski definition) is 1. The summed E-state index contributed by atoms with van der Waals surface area (Å²) < 4.78 is 38.2. The van der Waals surface area contributed by atoms with Crippen molar-refractivity contribution in [3.8, 4) is 0 Å². The lowest BCUT2D eigenvalue weighted by molar-refractivity contribution is -0.140. The van der Waals surface area contributed by atoms with Crippen molar-refractivity contribution in [2.24, 2.45) is 0 Å². The van der Waals surface area contributed by atoms with E-state index in [1.807, 2.05) is 12.3 Å². The van der Waals surface area contributed by atoms with Gasteiger partial charge in [0.15, 0.2) is 0 Å². The molecule has 0 bridgehead atoms. The highest BCUT2D eigenvalue weighted by molar-refractivity contribution is 8.00. The van der Waals surface area contributed by atoms with Crippen LogP contribution in [0, 0.1) is 0 Å². The largest absolute Gasteiger partial charge is 0.390 e. The fraction of sp³-hybridized carbons (Fsp3) is 0.571. The Balaban J connectivity index is 2.02. The maximum atomic E-state index is 12.7. The van der Waals surface area contributed by atoms with Crippen LogP contribution in [0.1, 0.15) is 30.9 Å². The summed E-state index contributed by atoms with van der Waals surface area (Å²) >= 11 is 1.75. The van der Waals surface area contributed by atoms with Crippen LogP contribution < -0.4 is 5.32 Å². The van der Waals surface area contributed by atoms with E-state index >= 15 is 0 Å². The van der Waals surface area contributed by atoms with Crippen molar-refractivity contribution < 1.29 is 13.2 Å². The predicted molar refractivity (Wildman–Crippen MR) is 73.3 cm³/mol. The topological polar surface area (TPSA) is 12.0 Å². The quantitative estimate of drug-likeness (QED) is 0.843. The minimum Gasteiger partial charge on any atom is -0.308 e. The van der Waals surface area contributed by atoms with Crippen LogP contribution in [0.25, 0.3) is 0 Å². The van der Waals surface area contributed by atoms with Crippen molar-refractivity contribution in [1.29, 1.82) is 0 Å². The van der Waals surface area contributed by atoms with Gasteiger partial charge in [-0.3, -0.25) is 0 Å². The van der Waals surface area contributed by atoms with Crippen molar-refractivity contribution in [3.63, 3.8) is 0 Å². The molecule has 1 atom stereocenters. The van der Waals surface area contributed by atoms with E-state index in [1.54, 1.807) is 36.0 Å². The number of thioether (sulfide) groups is 1. The molecule has 1 unspecified atom stereocenters. The molecule has 0 saturated heterocycles. The molecule has 1 aromatic rings. The van der Waals surface area contributed by atoms with Crippen LogP contribution in [-0.2, 0) is 0 Å². The molecule has 0 aromatic heterocycles. The maximum absolute atomic E-state index is 12.7. The molecule has 19 heavy (non-hydrogen) atoms. The van der Waals surface area contributed by atoms with E-state index in [0.717, 1.165) is 12.8 Å². The van der Waals surface area contributed by atoms with Crippen LogP contribution in [-0.4, -0.2) is 23.7 Å². The van der Waals surface area contributed by atoms with Gasteiger partial charge in [0.05, 0.1) is 6.42 Å². The van der Waals surface area contributed by atoms with Crippen LogP contribution in [0.4, 0.5) is 13.2 Å². The Bertz CT molecular complexity index is 401. The highest BCUT2D eigenvalue weighted by Gasteiger charge is 2.42. The van der Waals surface area contributed by atoms with E-state index in [2.05, 4.69) is 5.32 Å². The van der Waals surface area contributed by atoms with Crippen molar-refractivity contribution in [3.05, 3.63) is 35.9 Å². The number of halogens is 3. The van der Waals surface area contributed by atoms with Gasteiger partial charge in [-0.1, -0.05) is 30.3 Å². The summed E-state index contributed by atoms with van der Waals surface area (Å²) in [6.07, 6.45) is -0.760. The molecule has 0 radical (unpaired) electrons. The van der Waals surface area contributed by atoms with Crippen LogP contribution >= 0.6 is 11.8 Å². The van der Waals surface area contributed by atoms with Gasteiger partial charge in [0, 0.05) is 17.3 Å². The number of nitrogens with one attached hydrogen (secondary N) is 1. The monoisotopic (exact) mass is 289 g/mol. The Labute approximate surface area is 116 Å². The van der Waals surface area contributed by atoms with Crippen molar-refractivity contribution in [1.82, 2.24) is 5.32 Å². The first-order valence-corrected chi connectivity index (χ1v) is 7.57. The fourth-order valence-corrected chi connectivity index (χ4v) is 2.86. The average molecular weight is 289 g/mol. The molecule has 1 aliphatic rings. The Morgan fingerprint density at radius 3 is 2.37 bits per heavy atom. The van der Waals surface area contributed by atoms with E-state index in [0.29, 0.717) is 12.1 Å². The standard InChI is InChI=1S/C14H18F3NS/c1-19-13(7-8-13)10-18-12(9-14(15,16)17)11-5-3-2-4-6-11/h2-6,12,18H,7-10H2,1H3. The van der Waals surface area contributed by atoms with Gasteiger partial charge in [0.25, 0.3) is 0 Å². The third-order valence-corrected chi connectivity index (χ3v) is 4.97. The maximum Gasteiger partial charge on any atom is 0.390 e. The lowest BCUT2D eigenvalue weighted by Crippen LogP contribution is -2.32. The van der Waals surface area contributed by atoms with E-state index in [4.69, 9.17) is 0 Å². The lowest BCUT2D eigenvalue weighted by Gasteiger charge is -2.23. The minimum absolute atomic E-state index is 0.165. The average Bonchev–Trinajstić information content (AvgIpc) is 3.15. The molecule has 5 heteroatoms. The molecule has 1 nitrogen and oxygen atoms in total. The highest BCUT2D eigenvalue weighted by Crippen LogP contribution is 2.47. The summed E-state index contributed by atoms with van der Waals surface area (Å²) in [5.41, 5.74) is 0.705. The molecule has 0 aliphatic heterocycles. The predicted octanol–water partition coefficient (Wildman–Crippen LogP) is 4.17. The Morgan fingerprint density at radius 2 is 1.89 bits per heavy atom. The Morgan fingerprint density at radius 1 is 1.26 bits per heavy atom. The van der Waals surface area contributed by atoms with Gasteiger partial charge in [-0.25, -0.2) is 0 Å². The zero-order chi connectivity index (χ0) is 13.9. The van der Waals surface area contributed by atoms with Crippen molar-refractivity contribution in [2.45, 2.75) is 36.2 Å². The second kappa shape index (κ2) is 5.75. The second-order valence-corrected chi connectivity index (χ2v) is 6.32. The summed E-state index contributed by atoms with van der Waals surface area (Å²) in [6, 6.07) is 8.23. The van der Waals surface area contributed by atoms with Crippen LogP contribution in [0.5, 0.6) is 0 Å². The molecule has 0 amide bonds. The molecule has 106 valence electrons. The molecular formula is C14H18F3NS. The Kier molecular flexibility index (Phi) is 4.46. The number of benzene rings is 1. The molecule has 0 heterocycles. The third kappa shape index (κ3) is 4.42. The van der Waals surface area contributed by atoms with E-state index < -0.39 is 18.6 Å². The van der Waals surface area contributed by atoms with Gasteiger partial charge in [-0.15, -0.1) is 0 Å². The molecule has 1 fully saturated rings. The molecule has 1 aliphatic carbocycles. The zero-order valence-electron chi connectivity index (χ0n) is 10.8. The summed E-state index contributed by atoms with van der Waals surface area (Å²) in [5.74, 6) is 0. The normalized spacial score (nSPS) is 19.2. The molecule has 1 saturated carbocycles. The van der Waals surface area contributed by atoms with E-state index in [-0.39, 0.29) is 4.75 Å². The first-order valence-electron chi connectivity index (χ1n) is 6.34. The van der Waals surface area contributed by atoms with Gasteiger partial charge in [0.1, 0.15) is 0 Å². The third-order valence-electron chi connectivity index (χ3n) is 3.55. The van der Waals surface area contributed by atoms with Crippen molar-refractivity contribution >= 4 is 11.8 Å². The van der Waals surface area contributed by atoms with Gasteiger partial charge in [0.2, 0.25) is 0 Å². The first kappa shape index (κ1) is 14.7. The fourth-order valence-electron chi connectivity index (χ4n) is 2.13. The summed E-state index contributed by atoms with van der Waals surface area (Å²) in [6.45, 7) is 0.643. The summed E-state index contributed by atoms with van der Waals surface area (Å²) in [4.78, 5) is 0. The molecule has 2 rings (SSSR count). The van der Waals surface area contributed by atoms with Gasteiger partial charge < -0.3 is 5.32 Å². The number of hydrogen-bond acceptors (Lipinski definition) is 2. The highest BCUT2D eigenvalue weighted by atomic mass is 32.2.